The fourth-order valence-electron chi connectivity index (χ4n) is 3.79. The Morgan fingerprint density at radius 3 is 2.09 bits per heavy atom. The molecule has 7 heteroatoms. The second-order valence-corrected chi connectivity index (χ2v) is 9.52. The lowest BCUT2D eigenvalue weighted by molar-refractivity contribution is -0.134. The van der Waals surface area contributed by atoms with Gasteiger partial charge in [0.15, 0.2) is 5.11 Å². The Morgan fingerprint density at radius 2 is 1.53 bits per heavy atom. The summed E-state index contributed by atoms with van der Waals surface area (Å²) in [5.74, 6) is 0.446. The van der Waals surface area contributed by atoms with Crippen molar-refractivity contribution < 1.29 is 9.59 Å². The van der Waals surface area contributed by atoms with Crippen LogP contribution in [0.15, 0.2) is 54.6 Å². The molecule has 1 fully saturated rings. The van der Waals surface area contributed by atoms with Crippen LogP contribution in [0, 0.1) is 5.92 Å². The molecule has 0 aliphatic carbocycles. The van der Waals surface area contributed by atoms with Gasteiger partial charge in [0.05, 0.1) is 0 Å². The Kier molecular flexibility index (Phi) is 8.82. The van der Waals surface area contributed by atoms with E-state index in [1.165, 1.54) is 11.6 Å². The van der Waals surface area contributed by atoms with E-state index in [1.54, 1.807) is 6.08 Å². The number of carbonyl (C=O) groups excluding carboxylic acids is 2. The summed E-state index contributed by atoms with van der Waals surface area (Å²) in [5.41, 5.74) is 4.13. The summed E-state index contributed by atoms with van der Waals surface area (Å²) < 4.78 is 0. The monoisotopic (exact) mass is 478 g/mol. The molecular formula is C27H34N4O2S. The largest absolute Gasteiger partial charge is 0.368 e. The molecule has 0 bridgehead atoms. The van der Waals surface area contributed by atoms with Gasteiger partial charge in [0.1, 0.15) is 0 Å². The van der Waals surface area contributed by atoms with E-state index < -0.39 is 0 Å². The number of rotatable bonds is 6. The third-order valence-corrected chi connectivity index (χ3v) is 6.05. The van der Waals surface area contributed by atoms with Gasteiger partial charge in [-0.05, 0) is 59.6 Å². The van der Waals surface area contributed by atoms with Crippen LogP contribution in [0.4, 0.5) is 11.4 Å². The van der Waals surface area contributed by atoms with Gasteiger partial charge in [-0.15, -0.1) is 0 Å². The maximum atomic E-state index is 12.2. The molecule has 0 radical (unpaired) electrons. The number of thiocarbonyl (C=S) groups is 1. The van der Waals surface area contributed by atoms with E-state index >= 15 is 0 Å². The van der Waals surface area contributed by atoms with Crippen molar-refractivity contribution in [2.24, 2.45) is 5.92 Å². The molecule has 1 saturated heterocycles. The highest BCUT2D eigenvalue weighted by Crippen LogP contribution is 2.20. The van der Waals surface area contributed by atoms with Crippen molar-refractivity contribution in [2.75, 3.05) is 36.4 Å². The standard InChI is InChI=1S/C27H34N4O2S/c1-19(2)22-8-5-21(6-9-22)7-14-25(32)29-27(34)28-23-10-12-24(13-11-23)30-15-17-31(18-16-30)26(33)20(3)4/h5-14,19-20H,15-18H2,1-4H3,(H2,28,29,32,34)/b14-7+. The molecule has 0 aromatic heterocycles. The zero-order chi connectivity index (χ0) is 24.7. The molecule has 2 N–H and O–H groups in total. The summed E-state index contributed by atoms with van der Waals surface area (Å²) in [6.45, 7) is 11.3. The number of amides is 2. The second-order valence-electron chi connectivity index (χ2n) is 9.11. The van der Waals surface area contributed by atoms with Crippen LogP contribution in [0.5, 0.6) is 0 Å². The first-order valence-electron chi connectivity index (χ1n) is 11.8. The van der Waals surface area contributed by atoms with Crippen LogP contribution in [0.1, 0.15) is 44.7 Å². The van der Waals surface area contributed by atoms with Crippen molar-refractivity contribution in [3.05, 3.63) is 65.7 Å². The molecule has 2 aromatic carbocycles. The van der Waals surface area contributed by atoms with Gasteiger partial charge >= 0.3 is 0 Å². The fourth-order valence-corrected chi connectivity index (χ4v) is 4.00. The highest BCUT2D eigenvalue weighted by Gasteiger charge is 2.22. The Hall–Kier alpha value is -3.19. The lowest BCUT2D eigenvalue weighted by Crippen LogP contribution is -2.49. The van der Waals surface area contributed by atoms with Crippen molar-refractivity contribution in [3.63, 3.8) is 0 Å². The lowest BCUT2D eigenvalue weighted by Gasteiger charge is -2.37. The van der Waals surface area contributed by atoms with Gasteiger partial charge in [0.25, 0.3) is 0 Å². The van der Waals surface area contributed by atoms with E-state index in [4.69, 9.17) is 12.2 Å². The number of anilines is 2. The minimum absolute atomic E-state index is 0.0352. The van der Waals surface area contributed by atoms with Gasteiger partial charge in [-0.3, -0.25) is 14.9 Å². The maximum absolute atomic E-state index is 12.2. The minimum Gasteiger partial charge on any atom is -0.368 e. The Labute approximate surface area is 208 Å². The molecule has 3 rings (SSSR count). The molecule has 0 atom stereocenters. The van der Waals surface area contributed by atoms with Crippen molar-refractivity contribution >= 4 is 46.6 Å². The molecule has 2 aromatic rings. The van der Waals surface area contributed by atoms with Gasteiger partial charge in [-0.25, -0.2) is 0 Å². The van der Waals surface area contributed by atoms with Crippen molar-refractivity contribution in [2.45, 2.75) is 33.6 Å². The molecule has 6 nitrogen and oxygen atoms in total. The summed E-state index contributed by atoms with van der Waals surface area (Å²) in [6, 6.07) is 16.1. The molecule has 1 aliphatic rings. The summed E-state index contributed by atoms with van der Waals surface area (Å²) in [5, 5.41) is 5.98. The summed E-state index contributed by atoms with van der Waals surface area (Å²) >= 11 is 5.28. The summed E-state index contributed by atoms with van der Waals surface area (Å²) in [6.07, 6.45) is 3.25. The Morgan fingerprint density at radius 1 is 0.912 bits per heavy atom. The Bertz CT molecular complexity index is 1020. The number of hydrogen-bond donors (Lipinski definition) is 2. The highest BCUT2D eigenvalue weighted by molar-refractivity contribution is 7.80. The molecular weight excluding hydrogens is 444 g/mol. The first kappa shape index (κ1) is 25.4. The van der Waals surface area contributed by atoms with Crippen LogP contribution in [-0.4, -0.2) is 48.0 Å². The van der Waals surface area contributed by atoms with E-state index in [1.807, 2.05) is 55.1 Å². The van der Waals surface area contributed by atoms with Gasteiger partial charge in [0, 0.05) is 49.5 Å². The van der Waals surface area contributed by atoms with E-state index in [2.05, 4.69) is 41.5 Å². The molecule has 0 spiro atoms. The van der Waals surface area contributed by atoms with E-state index in [0.717, 1.165) is 43.1 Å². The lowest BCUT2D eigenvalue weighted by atomic mass is 10.0. The van der Waals surface area contributed by atoms with Gasteiger partial charge < -0.3 is 15.1 Å². The predicted octanol–water partition coefficient (Wildman–Crippen LogP) is 4.64. The van der Waals surface area contributed by atoms with E-state index in [-0.39, 0.29) is 22.8 Å². The highest BCUT2D eigenvalue weighted by atomic mass is 32.1. The predicted molar refractivity (Wildman–Crippen MR) is 144 cm³/mol. The topological polar surface area (TPSA) is 64.7 Å². The zero-order valence-electron chi connectivity index (χ0n) is 20.4. The summed E-state index contributed by atoms with van der Waals surface area (Å²) in [4.78, 5) is 28.6. The first-order valence-corrected chi connectivity index (χ1v) is 12.2. The van der Waals surface area contributed by atoms with Crippen LogP contribution in [0.3, 0.4) is 0 Å². The fraction of sp³-hybridized carbons (Fsp3) is 0.370. The van der Waals surface area contributed by atoms with Crippen LogP contribution in [0.25, 0.3) is 6.08 Å². The molecule has 1 heterocycles. The average molecular weight is 479 g/mol. The zero-order valence-corrected chi connectivity index (χ0v) is 21.2. The molecule has 1 aliphatic heterocycles. The quantitative estimate of drug-likeness (QED) is 0.468. The third-order valence-electron chi connectivity index (χ3n) is 5.84. The SMILES string of the molecule is CC(C)C(=O)N1CCN(c2ccc(NC(=S)NC(=O)/C=C/c3ccc(C(C)C)cc3)cc2)CC1. The number of nitrogens with one attached hydrogen (secondary N) is 2. The average Bonchev–Trinajstić information content (AvgIpc) is 2.83. The van der Waals surface area contributed by atoms with Crippen molar-refractivity contribution in [3.8, 4) is 0 Å². The smallest absolute Gasteiger partial charge is 0.250 e. The Balaban J connectivity index is 1.46. The van der Waals surface area contributed by atoms with Gasteiger partial charge in [-0.1, -0.05) is 52.0 Å². The third kappa shape index (κ3) is 7.15. The van der Waals surface area contributed by atoms with Crippen LogP contribution in [0.2, 0.25) is 0 Å². The number of benzene rings is 2. The number of piperazine rings is 1. The second kappa shape index (κ2) is 11.8. The molecule has 0 saturated carbocycles. The van der Waals surface area contributed by atoms with Gasteiger partial charge in [0.2, 0.25) is 11.8 Å². The number of nitrogens with zero attached hydrogens (tertiary/aromatic N) is 2. The number of hydrogen-bond acceptors (Lipinski definition) is 4. The summed E-state index contributed by atoms with van der Waals surface area (Å²) in [7, 11) is 0. The first-order chi connectivity index (χ1) is 16.2. The van der Waals surface area contributed by atoms with Crippen LogP contribution >= 0.6 is 12.2 Å². The normalized spacial score (nSPS) is 14.1. The van der Waals surface area contributed by atoms with Crippen molar-refractivity contribution in [1.82, 2.24) is 10.2 Å². The van der Waals surface area contributed by atoms with E-state index in [0.29, 0.717) is 5.92 Å². The molecule has 2 amide bonds. The van der Waals surface area contributed by atoms with Crippen LogP contribution < -0.4 is 15.5 Å². The van der Waals surface area contributed by atoms with Crippen molar-refractivity contribution in [1.29, 1.82) is 0 Å². The van der Waals surface area contributed by atoms with E-state index in [9.17, 15) is 9.59 Å². The molecule has 34 heavy (non-hydrogen) atoms. The molecule has 0 unspecified atom stereocenters. The van der Waals surface area contributed by atoms with Crippen LogP contribution in [-0.2, 0) is 9.59 Å². The maximum Gasteiger partial charge on any atom is 0.250 e. The molecule has 180 valence electrons. The van der Waals surface area contributed by atoms with Gasteiger partial charge in [-0.2, -0.15) is 0 Å². The minimum atomic E-state index is -0.282. The number of carbonyl (C=O) groups is 2.